The molecule has 0 saturated carbocycles. The van der Waals surface area contributed by atoms with Crippen molar-refractivity contribution >= 4 is 11.9 Å². The van der Waals surface area contributed by atoms with Crippen LogP contribution < -0.4 is 5.32 Å². The first-order valence-electron chi connectivity index (χ1n) is 9.88. The van der Waals surface area contributed by atoms with Crippen molar-refractivity contribution in [2.24, 2.45) is 16.8 Å². The summed E-state index contributed by atoms with van der Waals surface area (Å²) in [4.78, 5) is 21.2. The standard InChI is InChI=1S/C19H36N4O2/c1-5-6-10-22-11-8-7-9-16(22)12-21-19(20-3)23-13-15(2)17(14-23)18(24)25-4/h15-17H,5-14H2,1-4H3,(H,20,21). The van der Waals surface area contributed by atoms with Crippen molar-refractivity contribution < 1.29 is 9.53 Å². The third-order valence-corrected chi connectivity index (χ3v) is 5.67. The largest absolute Gasteiger partial charge is 0.469 e. The van der Waals surface area contributed by atoms with Crippen molar-refractivity contribution in [3.63, 3.8) is 0 Å². The van der Waals surface area contributed by atoms with E-state index in [0.29, 0.717) is 18.5 Å². The van der Waals surface area contributed by atoms with Crippen LogP contribution in [0.5, 0.6) is 0 Å². The zero-order valence-corrected chi connectivity index (χ0v) is 16.5. The normalized spacial score (nSPS) is 28.2. The predicted octanol–water partition coefficient (Wildman–Crippen LogP) is 1.96. The molecule has 2 rings (SSSR count). The molecule has 6 heteroatoms. The molecule has 0 aromatic heterocycles. The second-order valence-corrected chi connectivity index (χ2v) is 7.48. The molecular formula is C19H36N4O2. The van der Waals surface area contributed by atoms with Crippen LogP contribution in [0.25, 0.3) is 0 Å². The minimum absolute atomic E-state index is 0.0562. The SMILES string of the molecule is CCCCN1CCCCC1CNC(=NC)N1CC(C)C(C(=O)OC)C1. The van der Waals surface area contributed by atoms with Gasteiger partial charge in [0.25, 0.3) is 0 Å². The summed E-state index contributed by atoms with van der Waals surface area (Å²) in [5, 5.41) is 3.57. The van der Waals surface area contributed by atoms with Gasteiger partial charge in [-0.1, -0.05) is 26.7 Å². The highest BCUT2D eigenvalue weighted by molar-refractivity contribution is 5.82. The van der Waals surface area contributed by atoms with Gasteiger partial charge < -0.3 is 15.0 Å². The third-order valence-electron chi connectivity index (χ3n) is 5.67. The quantitative estimate of drug-likeness (QED) is 0.450. The van der Waals surface area contributed by atoms with Gasteiger partial charge in [0.05, 0.1) is 13.0 Å². The first-order valence-corrected chi connectivity index (χ1v) is 9.88. The maximum Gasteiger partial charge on any atom is 0.310 e. The van der Waals surface area contributed by atoms with Crippen LogP contribution in [0.1, 0.15) is 46.0 Å². The fraction of sp³-hybridized carbons (Fsp3) is 0.895. The van der Waals surface area contributed by atoms with Crippen LogP contribution in [0.3, 0.4) is 0 Å². The Morgan fingerprint density at radius 3 is 2.80 bits per heavy atom. The molecule has 0 aromatic carbocycles. The second kappa shape index (κ2) is 10.00. The fourth-order valence-corrected chi connectivity index (χ4v) is 4.09. The molecule has 0 amide bonds. The Labute approximate surface area is 153 Å². The number of nitrogens with one attached hydrogen (secondary N) is 1. The lowest BCUT2D eigenvalue weighted by atomic mass is 9.99. The van der Waals surface area contributed by atoms with Crippen LogP contribution in [0.2, 0.25) is 0 Å². The Morgan fingerprint density at radius 1 is 1.32 bits per heavy atom. The van der Waals surface area contributed by atoms with Gasteiger partial charge in [0.1, 0.15) is 0 Å². The van der Waals surface area contributed by atoms with E-state index in [-0.39, 0.29) is 11.9 Å². The number of esters is 1. The summed E-state index contributed by atoms with van der Waals surface area (Å²) < 4.78 is 4.94. The number of carbonyl (C=O) groups is 1. The summed E-state index contributed by atoms with van der Waals surface area (Å²) in [6.07, 6.45) is 6.42. The van der Waals surface area contributed by atoms with E-state index < -0.39 is 0 Å². The molecule has 0 aliphatic carbocycles. The Kier molecular flexibility index (Phi) is 8.00. The van der Waals surface area contributed by atoms with Crippen LogP contribution in [0.4, 0.5) is 0 Å². The van der Waals surface area contributed by atoms with Crippen LogP contribution in [0, 0.1) is 11.8 Å². The fourth-order valence-electron chi connectivity index (χ4n) is 4.09. The van der Waals surface area contributed by atoms with Gasteiger partial charge in [-0.3, -0.25) is 14.7 Å². The van der Waals surface area contributed by atoms with Gasteiger partial charge in [-0.05, 0) is 38.3 Å². The maximum absolute atomic E-state index is 11.9. The minimum atomic E-state index is -0.108. The molecule has 2 aliphatic heterocycles. The average Bonchev–Trinajstić information content (AvgIpc) is 3.02. The molecule has 2 fully saturated rings. The molecule has 0 spiro atoms. The number of ether oxygens (including phenoxy) is 1. The Bertz CT molecular complexity index is 455. The number of carbonyl (C=O) groups excluding carboxylic acids is 1. The highest BCUT2D eigenvalue weighted by atomic mass is 16.5. The molecule has 6 nitrogen and oxygen atoms in total. The molecule has 2 heterocycles. The van der Waals surface area contributed by atoms with E-state index in [9.17, 15) is 4.79 Å². The van der Waals surface area contributed by atoms with E-state index in [1.807, 2.05) is 7.05 Å². The van der Waals surface area contributed by atoms with Gasteiger partial charge in [0, 0.05) is 32.7 Å². The number of methoxy groups -OCH3 is 1. The zero-order chi connectivity index (χ0) is 18.2. The minimum Gasteiger partial charge on any atom is -0.469 e. The molecule has 0 radical (unpaired) electrons. The number of piperidine rings is 1. The molecule has 3 unspecified atom stereocenters. The van der Waals surface area contributed by atoms with Crippen molar-refractivity contribution in [2.75, 3.05) is 46.9 Å². The number of hydrogen-bond donors (Lipinski definition) is 1. The van der Waals surface area contributed by atoms with Gasteiger partial charge in [0.15, 0.2) is 5.96 Å². The van der Waals surface area contributed by atoms with E-state index in [1.165, 1.54) is 52.3 Å². The lowest BCUT2D eigenvalue weighted by Crippen LogP contribution is -2.50. The second-order valence-electron chi connectivity index (χ2n) is 7.48. The monoisotopic (exact) mass is 352 g/mol. The summed E-state index contributed by atoms with van der Waals surface area (Å²) in [5.74, 6) is 1.05. The Hall–Kier alpha value is -1.30. The Balaban J connectivity index is 1.88. The predicted molar refractivity (Wildman–Crippen MR) is 102 cm³/mol. The number of rotatable bonds is 6. The van der Waals surface area contributed by atoms with Gasteiger partial charge in [-0.25, -0.2) is 0 Å². The molecule has 2 saturated heterocycles. The number of unbranched alkanes of at least 4 members (excludes halogenated alkanes) is 1. The van der Waals surface area contributed by atoms with Crippen molar-refractivity contribution in [3.05, 3.63) is 0 Å². The summed E-state index contributed by atoms with van der Waals surface area (Å²) in [6, 6.07) is 0.591. The van der Waals surface area contributed by atoms with Gasteiger partial charge >= 0.3 is 5.97 Å². The summed E-state index contributed by atoms with van der Waals surface area (Å²) in [5.41, 5.74) is 0. The summed E-state index contributed by atoms with van der Waals surface area (Å²) in [7, 11) is 3.30. The van der Waals surface area contributed by atoms with Crippen LogP contribution >= 0.6 is 0 Å². The van der Waals surface area contributed by atoms with Crippen molar-refractivity contribution in [3.8, 4) is 0 Å². The number of hydrogen-bond acceptors (Lipinski definition) is 4. The zero-order valence-electron chi connectivity index (χ0n) is 16.5. The van der Waals surface area contributed by atoms with Crippen molar-refractivity contribution in [1.82, 2.24) is 15.1 Å². The van der Waals surface area contributed by atoms with E-state index >= 15 is 0 Å². The highest BCUT2D eigenvalue weighted by Crippen LogP contribution is 2.24. The molecule has 3 atom stereocenters. The number of likely N-dealkylation sites (tertiary alicyclic amines) is 2. The summed E-state index contributed by atoms with van der Waals surface area (Å²) >= 11 is 0. The molecule has 0 bridgehead atoms. The van der Waals surface area contributed by atoms with Gasteiger partial charge in [-0.15, -0.1) is 0 Å². The lowest BCUT2D eigenvalue weighted by molar-refractivity contribution is -0.145. The molecular weight excluding hydrogens is 316 g/mol. The Morgan fingerprint density at radius 2 is 2.12 bits per heavy atom. The molecule has 25 heavy (non-hydrogen) atoms. The first-order chi connectivity index (χ1) is 12.1. The van der Waals surface area contributed by atoms with E-state index in [2.05, 4.69) is 34.0 Å². The highest BCUT2D eigenvalue weighted by Gasteiger charge is 2.37. The maximum atomic E-state index is 11.9. The topological polar surface area (TPSA) is 57.2 Å². The molecule has 2 aliphatic rings. The van der Waals surface area contributed by atoms with E-state index in [4.69, 9.17) is 4.74 Å². The van der Waals surface area contributed by atoms with Gasteiger partial charge in [0.2, 0.25) is 0 Å². The number of guanidine groups is 1. The smallest absolute Gasteiger partial charge is 0.310 e. The number of nitrogens with zero attached hydrogens (tertiary/aromatic N) is 3. The van der Waals surface area contributed by atoms with E-state index in [1.54, 1.807) is 0 Å². The van der Waals surface area contributed by atoms with Crippen molar-refractivity contribution in [1.29, 1.82) is 0 Å². The van der Waals surface area contributed by atoms with Gasteiger partial charge in [-0.2, -0.15) is 0 Å². The van der Waals surface area contributed by atoms with E-state index in [0.717, 1.165) is 19.0 Å². The molecule has 0 aromatic rings. The van der Waals surface area contributed by atoms with Crippen LogP contribution in [-0.4, -0.2) is 74.7 Å². The third kappa shape index (κ3) is 5.33. The summed E-state index contributed by atoms with van der Waals surface area (Å²) in [6.45, 7) is 9.27. The first kappa shape index (κ1) is 20.0. The average molecular weight is 353 g/mol. The molecule has 1 N–H and O–H groups in total. The molecule has 144 valence electrons. The van der Waals surface area contributed by atoms with Crippen LogP contribution in [0.15, 0.2) is 4.99 Å². The van der Waals surface area contributed by atoms with Crippen molar-refractivity contribution in [2.45, 2.75) is 52.0 Å². The lowest BCUT2D eigenvalue weighted by Gasteiger charge is -2.36. The van der Waals surface area contributed by atoms with Crippen LogP contribution in [-0.2, 0) is 9.53 Å². The number of aliphatic imine (C=N–C) groups is 1.